The van der Waals surface area contributed by atoms with Crippen molar-refractivity contribution in [3.8, 4) is 11.5 Å². The minimum Gasteiger partial charge on any atom is -0.505 e. The van der Waals surface area contributed by atoms with E-state index in [1.165, 1.54) is 12.1 Å². The minimum atomic E-state index is -4.78. The number of aliphatic hydroxyl groups is 2. The monoisotopic (exact) mass is 483 g/mol. The SMILES string of the molecule is [C-]#[N+]c1ccc(O[C@H]2CN(S(=O)(=O)c3ccc(C(F)(F)F)cc3[N+]#[C-])C[C@@]2(O)CO)c(O)c1. The third kappa shape index (κ3) is 4.58. The molecule has 3 N–H and O–H groups in total. The van der Waals surface area contributed by atoms with Crippen molar-refractivity contribution >= 4 is 21.4 Å². The van der Waals surface area contributed by atoms with Crippen molar-refractivity contribution in [1.29, 1.82) is 0 Å². The molecule has 0 saturated carbocycles. The lowest BCUT2D eigenvalue weighted by molar-refractivity contribution is -0.137. The molecular formula is C20H16F3N3O6S. The Labute approximate surface area is 186 Å². The molecule has 2 aromatic rings. The van der Waals surface area contributed by atoms with Crippen molar-refractivity contribution in [2.45, 2.75) is 22.8 Å². The van der Waals surface area contributed by atoms with Gasteiger partial charge < -0.3 is 20.1 Å². The predicted molar refractivity (Wildman–Crippen MR) is 107 cm³/mol. The topological polar surface area (TPSA) is 116 Å². The van der Waals surface area contributed by atoms with Gasteiger partial charge >= 0.3 is 6.18 Å². The van der Waals surface area contributed by atoms with Crippen LogP contribution in [0.1, 0.15) is 5.56 Å². The van der Waals surface area contributed by atoms with Crippen LogP contribution in [0.5, 0.6) is 11.5 Å². The number of phenols is 1. The van der Waals surface area contributed by atoms with E-state index >= 15 is 0 Å². The Hall–Kier alpha value is -3.36. The van der Waals surface area contributed by atoms with Crippen LogP contribution in [0.4, 0.5) is 24.5 Å². The van der Waals surface area contributed by atoms with E-state index in [9.17, 15) is 36.9 Å². The third-order valence-corrected chi connectivity index (χ3v) is 6.92. The molecule has 0 amide bonds. The molecule has 0 aliphatic carbocycles. The highest BCUT2D eigenvalue weighted by Crippen LogP contribution is 2.39. The predicted octanol–water partition coefficient (Wildman–Crippen LogP) is 2.69. The molecule has 33 heavy (non-hydrogen) atoms. The zero-order valence-corrected chi connectivity index (χ0v) is 17.4. The van der Waals surface area contributed by atoms with Crippen molar-refractivity contribution < 1.29 is 41.6 Å². The number of nitrogens with zero attached hydrogens (tertiary/aromatic N) is 3. The van der Waals surface area contributed by atoms with Crippen LogP contribution in [-0.2, 0) is 16.2 Å². The number of halogens is 3. The van der Waals surface area contributed by atoms with Crippen molar-refractivity contribution in [3.05, 3.63) is 64.8 Å². The molecule has 9 nitrogen and oxygen atoms in total. The highest BCUT2D eigenvalue weighted by atomic mass is 32.2. The molecule has 3 rings (SSSR count). The highest BCUT2D eigenvalue weighted by Gasteiger charge is 2.51. The van der Waals surface area contributed by atoms with Gasteiger partial charge in [-0.2, -0.15) is 17.5 Å². The molecule has 1 fully saturated rings. The van der Waals surface area contributed by atoms with E-state index in [1.54, 1.807) is 0 Å². The maximum Gasteiger partial charge on any atom is 0.415 e. The van der Waals surface area contributed by atoms with E-state index in [1.807, 2.05) is 0 Å². The molecule has 0 spiro atoms. The minimum absolute atomic E-state index is 0.0990. The van der Waals surface area contributed by atoms with Crippen LogP contribution in [0.25, 0.3) is 9.69 Å². The van der Waals surface area contributed by atoms with Gasteiger partial charge in [0.05, 0.1) is 31.2 Å². The largest absolute Gasteiger partial charge is 0.505 e. The van der Waals surface area contributed by atoms with Crippen molar-refractivity contribution in [2.75, 3.05) is 19.7 Å². The second-order valence-electron chi connectivity index (χ2n) is 7.22. The highest BCUT2D eigenvalue weighted by molar-refractivity contribution is 7.89. The third-order valence-electron chi connectivity index (χ3n) is 5.06. The number of benzene rings is 2. The van der Waals surface area contributed by atoms with E-state index in [4.69, 9.17) is 17.9 Å². The van der Waals surface area contributed by atoms with Crippen LogP contribution >= 0.6 is 0 Å². The summed E-state index contributed by atoms with van der Waals surface area (Å²) in [7, 11) is -4.57. The lowest BCUT2D eigenvalue weighted by Gasteiger charge is -2.27. The van der Waals surface area contributed by atoms with Gasteiger partial charge in [0, 0.05) is 12.1 Å². The molecule has 174 valence electrons. The molecule has 0 radical (unpaired) electrons. The lowest BCUT2D eigenvalue weighted by atomic mass is 10.0. The average molecular weight is 483 g/mol. The summed E-state index contributed by atoms with van der Waals surface area (Å²) in [4.78, 5) is 5.33. The van der Waals surface area contributed by atoms with Gasteiger partial charge in [0.2, 0.25) is 15.7 Å². The molecule has 0 unspecified atom stereocenters. The van der Waals surface area contributed by atoms with E-state index in [0.29, 0.717) is 22.5 Å². The van der Waals surface area contributed by atoms with Crippen LogP contribution < -0.4 is 4.74 Å². The Morgan fingerprint density at radius 2 is 1.88 bits per heavy atom. The zero-order chi connectivity index (χ0) is 24.6. The summed E-state index contributed by atoms with van der Waals surface area (Å²) in [6.45, 7) is 11.9. The van der Waals surface area contributed by atoms with Crippen molar-refractivity contribution in [3.63, 3.8) is 0 Å². The van der Waals surface area contributed by atoms with Crippen LogP contribution in [0, 0.1) is 13.1 Å². The molecule has 1 saturated heterocycles. The quantitative estimate of drug-likeness (QED) is 0.564. The lowest BCUT2D eigenvalue weighted by Crippen LogP contribution is -2.48. The molecule has 1 heterocycles. The van der Waals surface area contributed by atoms with Gasteiger partial charge in [0.1, 0.15) is 17.5 Å². The Balaban J connectivity index is 1.95. The fourth-order valence-electron chi connectivity index (χ4n) is 3.28. The number of β-amino-alcohol motifs (C(OH)–C–C–N with tert-alkyl or cyclic N) is 1. The summed E-state index contributed by atoms with van der Waals surface area (Å²) < 4.78 is 71.2. The molecule has 2 aromatic carbocycles. The zero-order valence-electron chi connectivity index (χ0n) is 16.6. The molecule has 1 aliphatic rings. The van der Waals surface area contributed by atoms with Gasteiger partial charge in [0.25, 0.3) is 0 Å². The number of aromatic hydroxyl groups is 1. The Bertz CT molecular complexity index is 1270. The number of phenolic OH excluding ortho intramolecular Hbond substituents is 1. The smallest absolute Gasteiger partial charge is 0.415 e. The van der Waals surface area contributed by atoms with Crippen molar-refractivity contribution in [2.24, 2.45) is 0 Å². The summed E-state index contributed by atoms with van der Waals surface area (Å²) in [5, 5.41) is 30.4. The first-order valence-corrected chi connectivity index (χ1v) is 10.6. The van der Waals surface area contributed by atoms with Crippen LogP contribution in [-0.4, -0.2) is 59.4 Å². The van der Waals surface area contributed by atoms with E-state index in [-0.39, 0.29) is 11.4 Å². The summed E-state index contributed by atoms with van der Waals surface area (Å²) in [6, 6.07) is 5.24. The van der Waals surface area contributed by atoms with Crippen LogP contribution in [0.3, 0.4) is 0 Å². The first-order chi connectivity index (χ1) is 15.4. The summed E-state index contributed by atoms with van der Waals surface area (Å²) >= 11 is 0. The van der Waals surface area contributed by atoms with Gasteiger partial charge in [-0.25, -0.2) is 18.1 Å². The van der Waals surface area contributed by atoms with Gasteiger partial charge in [0.15, 0.2) is 11.4 Å². The maximum absolute atomic E-state index is 13.1. The maximum atomic E-state index is 13.1. The summed E-state index contributed by atoms with van der Waals surface area (Å²) in [5.74, 6) is -0.641. The fourth-order valence-corrected chi connectivity index (χ4v) is 4.89. The van der Waals surface area contributed by atoms with Crippen molar-refractivity contribution in [1.82, 2.24) is 4.31 Å². The Morgan fingerprint density at radius 3 is 2.42 bits per heavy atom. The first-order valence-electron chi connectivity index (χ1n) is 9.15. The van der Waals surface area contributed by atoms with Crippen LogP contribution in [0.2, 0.25) is 0 Å². The molecule has 2 atom stereocenters. The average Bonchev–Trinajstić information content (AvgIpc) is 3.11. The molecule has 13 heteroatoms. The second kappa shape index (κ2) is 8.53. The number of sulfonamides is 1. The summed E-state index contributed by atoms with van der Waals surface area (Å²) in [5.41, 5.74) is -3.97. The molecule has 1 aliphatic heterocycles. The second-order valence-corrected chi connectivity index (χ2v) is 9.13. The molecular weight excluding hydrogens is 467 g/mol. The number of hydrogen-bond donors (Lipinski definition) is 3. The van der Waals surface area contributed by atoms with Crippen LogP contribution in [0.15, 0.2) is 41.3 Å². The fraction of sp³-hybridized carbons (Fsp3) is 0.300. The van der Waals surface area contributed by atoms with Gasteiger partial charge in [-0.3, -0.25) is 0 Å². The Morgan fingerprint density at radius 1 is 1.18 bits per heavy atom. The molecule has 0 aromatic heterocycles. The van der Waals surface area contributed by atoms with E-state index in [0.717, 1.165) is 6.07 Å². The molecule has 0 bridgehead atoms. The number of rotatable bonds is 5. The number of aliphatic hydroxyl groups excluding tert-OH is 1. The number of alkyl halides is 3. The Kier molecular flexibility index (Phi) is 6.28. The first kappa shape index (κ1) is 24.3. The normalized spacial score (nSPS) is 21.4. The van der Waals surface area contributed by atoms with Gasteiger partial charge in [-0.1, -0.05) is 18.2 Å². The summed E-state index contributed by atoms with van der Waals surface area (Å²) in [6.07, 6.45) is -6.16. The number of ether oxygens (including phenoxy) is 1. The standard InChI is InChI=1S/C20H16F3N3O6S/c1-24-13-4-5-16(15(28)8-13)32-18-9-26(10-19(18,29)11-27)33(30,31)17-6-3-12(20(21,22)23)7-14(17)25-2/h3-8,18,27-29H,9-11H2/t18-,19+/m0/s1. The van der Waals surface area contributed by atoms with E-state index in [2.05, 4.69) is 9.69 Å². The van der Waals surface area contributed by atoms with Gasteiger partial charge in [-0.15, -0.1) is 0 Å². The number of hydrogen-bond acceptors (Lipinski definition) is 6. The van der Waals surface area contributed by atoms with Gasteiger partial charge in [-0.05, 0) is 18.2 Å². The van der Waals surface area contributed by atoms with E-state index < -0.39 is 69.5 Å².